The third-order valence-corrected chi connectivity index (χ3v) is 3.54. The number of carbonyl (C=O) groups is 3. The molecule has 0 aromatic rings. The Hall–Kier alpha value is -1.79. The highest BCUT2D eigenvalue weighted by atomic mass is 16.5. The average Bonchev–Trinajstić information content (AvgIpc) is 2.84. The Morgan fingerprint density at radius 2 is 1.95 bits per heavy atom. The lowest BCUT2D eigenvalue weighted by Crippen LogP contribution is -2.41. The van der Waals surface area contributed by atoms with Crippen LogP contribution in [0, 0.1) is 11.8 Å². The quantitative estimate of drug-likeness (QED) is 0.767. The van der Waals surface area contributed by atoms with Gasteiger partial charge < -0.3 is 20.1 Å². The highest BCUT2D eigenvalue weighted by molar-refractivity contribution is 5.84. The summed E-state index contributed by atoms with van der Waals surface area (Å²) in [6.07, 6.45) is 0.126. The molecule has 7 nitrogen and oxygen atoms in total. The molecular formula is C12H20N2O5. The lowest BCUT2D eigenvalue weighted by molar-refractivity contribution is -0.148. The van der Waals surface area contributed by atoms with Crippen LogP contribution in [0.5, 0.6) is 0 Å². The first-order valence-electron chi connectivity index (χ1n) is 6.22. The number of nitrogens with one attached hydrogen (secondary N) is 1. The molecule has 0 radical (unpaired) electrons. The molecule has 108 valence electrons. The summed E-state index contributed by atoms with van der Waals surface area (Å²) in [6, 6.07) is -0.135. The summed E-state index contributed by atoms with van der Waals surface area (Å²) in [5.74, 6) is -2.47. The van der Waals surface area contributed by atoms with E-state index < -0.39 is 23.9 Å². The Bertz CT molecular complexity index is 371. The first-order valence-corrected chi connectivity index (χ1v) is 6.22. The monoisotopic (exact) mass is 272 g/mol. The molecule has 0 aromatic carbocycles. The van der Waals surface area contributed by atoms with Crippen molar-refractivity contribution in [3.8, 4) is 0 Å². The predicted octanol–water partition coefficient (Wildman–Crippen LogP) is 0.300. The number of likely N-dealkylation sites (tertiary alicyclic amines) is 1. The number of hydrogen-bond acceptors (Lipinski definition) is 4. The average molecular weight is 272 g/mol. The molecule has 1 fully saturated rings. The molecule has 2 N–H and O–H groups in total. The van der Waals surface area contributed by atoms with Crippen LogP contribution in [-0.2, 0) is 14.3 Å². The second-order valence-electron chi connectivity index (χ2n) is 4.82. The summed E-state index contributed by atoms with van der Waals surface area (Å²) in [6.45, 7) is 4.04. The maximum absolute atomic E-state index is 12.1. The molecule has 1 saturated heterocycles. The zero-order chi connectivity index (χ0) is 14.6. The summed E-state index contributed by atoms with van der Waals surface area (Å²) in [7, 11) is 1.28. The van der Waals surface area contributed by atoms with Gasteiger partial charge in [-0.15, -0.1) is 0 Å². The third-order valence-electron chi connectivity index (χ3n) is 3.54. The second-order valence-corrected chi connectivity index (χ2v) is 4.82. The standard InChI is InChI=1S/C12H20N2O5/c1-7(8(2)11(16)17)10(15)14-5-4-9(6-14)13-12(18)19-3/h7-9H,4-6H2,1-3H3,(H,13,18)(H,16,17). The van der Waals surface area contributed by atoms with E-state index in [4.69, 9.17) is 5.11 Å². The Labute approximate surface area is 111 Å². The van der Waals surface area contributed by atoms with Crippen molar-refractivity contribution < 1.29 is 24.2 Å². The fourth-order valence-electron chi connectivity index (χ4n) is 2.02. The van der Waals surface area contributed by atoms with Gasteiger partial charge in [0.25, 0.3) is 0 Å². The molecule has 0 spiro atoms. The van der Waals surface area contributed by atoms with Gasteiger partial charge in [-0.2, -0.15) is 0 Å². The summed E-state index contributed by atoms with van der Waals surface area (Å²) in [4.78, 5) is 35.6. The first kappa shape index (κ1) is 15.3. The lowest BCUT2D eigenvalue weighted by Gasteiger charge is -2.23. The Morgan fingerprint density at radius 3 is 2.47 bits per heavy atom. The van der Waals surface area contributed by atoms with Crippen LogP contribution in [0.2, 0.25) is 0 Å². The van der Waals surface area contributed by atoms with Crippen molar-refractivity contribution in [2.75, 3.05) is 20.2 Å². The minimum atomic E-state index is -0.982. The normalized spacial score (nSPS) is 21.6. The van der Waals surface area contributed by atoms with Gasteiger partial charge in [0, 0.05) is 19.0 Å². The number of carboxylic acids is 1. The number of aliphatic carboxylic acids is 1. The van der Waals surface area contributed by atoms with E-state index >= 15 is 0 Å². The summed E-state index contributed by atoms with van der Waals surface area (Å²) < 4.78 is 4.49. The molecule has 7 heteroatoms. The van der Waals surface area contributed by atoms with Crippen LogP contribution >= 0.6 is 0 Å². The number of carbonyl (C=O) groups excluding carboxylic acids is 2. The molecule has 0 bridgehead atoms. The first-order chi connectivity index (χ1) is 8.86. The van der Waals surface area contributed by atoms with E-state index in [-0.39, 0.29) is 11.9 Å². The van der Waals surface area contributed by atoms with Crippen molar-refractivity contribution in [2.24, 2.45) is 11.8 Å². The molecule has 3 unspecified atom stereocenters. The number of rotatable bonds is 4. The molecule has 1 heterocycles. The summed E-state index contributed by atoms with van der Waals surface area (Å²) in [5.41, 5.74) is 0. The zero-order valence-electron chi connectivity index (χ0n) is 11.4. The van der Waals surface area contributed by atoms with Gasteiger partial charge >= 0.3 is 12.1 Å². The largest absolute Gasteiger partial charge is 0.481 e. The topological polar surface area (TPSA) is 95.9 Å². The second kappa shape index (κ2) is 6.40. The van der Waals surface area contributed by atoms with Gasteiger partial charge in [-0.05, 0) is 6.42 Å². The molecule has 1 aliphatic rings. The molecule has 19 heavy (non-hydrogen) atoms. The van der Waals surface area contributed by atoms with Crippen molar-refractivity contribution in [3.63, 3.8) is 0 Å². The van der Waals surface area contributed by atoms with Crippen LogP contribution in [0.1, 0.15) is 20.3 Å². The van der Waals surface area contributed by atoms with E-state index in [1.807, 2.05) is 0 Å². The van der Waals surface area contributed by atoms with Gasteiger partial charge in [0.2, 0.25) is 5.91 Å². The van der Waals surface area contributed by atoms with Gasteiger partial charge in [-0.3, -0.25) is 9.59 Å². The Balaban J connectivity index is 2.52. The highest BCUT2D eigenvalue weighted by Gasteiger charge is 2.33. The molecule has 2 amide bonds. The number of hydrogen-bond donors (Lipinski definition) is 2. The van der Waals surface area contributed by atoms with Crippen molar-refractivity contribution >= 4 is 18.0 Å². The number of nitrogens with zero attached hydrogens (tertiary/aromatic N) is 1. The molecule has 0 aliphatic carbocycles. The van der Waals surface area contributed by atoms with Crippen molar-refractivity contribution in [3.05, 3.63) is 0 Å². The van der Waals surface area contributed by atoms with Crippen molar-refractivity contribution in [2.45, 2.75) is 26.3 Å². The zero-order valence-corrected chi connectivity index (χ0v) is 11.4. The third kappa shape index (κ3) is 3.84. The van der Waals surface area contributed by atoms with E-state index in [2.05, 4.69) is 10.1 Å². The van der Waals surface area contributed by atoms with Crippen LogP contribution in [0.25, 0.3) is 0 Å². The van der Waals surface area contributed by atoms with Gasteiger partial charge in [-0.1, -0.05) is 13.8 Å². The number of amides is 2. The predicted molar refractivity (Wildman–Crippen MR) is 66.5 cm³/mol. The molecule has 0 saturated carbocycles. The molecule has 0 aromatic heterocycles. The van der Waals surface area contributed by atoms with E-state index in [1.54, 1.807) is 11.8 Å². The van der Waals surface area contributed by atoms with Crippen LogP contribution in [0.15, 0.2) is 0 Å². The smallest absolute Gasteiger partial charge is 0.407 e. The Morgan fingerprint density at radius 1 is 1.32 bits per heavy atom. The lowest BCUT2D eigenvalue weighted by atomic mass is 9.95. The van der Waals surface area contributed by atoms with Crippen molar-refractivity contribution in [1.29, 1.82) is 0 Å². The van der Waals surface area contributed by atoms with Crippen LogP contribution in [0.3, 0.4) is 0 Å². The number of methoxy groups -OCH3 is 1. The van der Waals surface area contributed by atoms with Crippen LogP contribution < -0.4 is 5.32 Å². The van der Waals surface area contributed by atoms with E-state index in [9.17, 15) is 14.4 Å². The van der Waals surface area contributed by atoms with Crippen LogP contribution in [-0.4, -0.2) is 54.2 Å². The molecule has 1 aliphatic heterocycles. The fraction of sp³-hybridized carbons (Fsp3) is 0.750. The maximum atomic E-state index is 12.1. The number of carboxylic acid groups (broad SMARTS) is 1. The van der Waals surface area contributed by atoms with E-state index in [1.165, 1.54) is 14.0 Å². The van der Waals surface area contributed by atoms with E-state index in [0.717, 1.165) is 0 Å². The van der Waals surface area contributed by atoms with Gasteiger partial charge in [-0.25, -0.2) is 4.79 Å². The number of alkyl carbamates (subject to hydrolysis) is 1. The summed E-state index contributed by atoms with van der Waals surface area (Å²) in [5, 5.41) is 11.5. The van der Waals surface area contributed by atoms with Crippen molar-refractivity contribution in [1.82, 2.24) is 10.2 Å². The maximum Gasteiger partial charge on any atom is 0.407 e. The fourth-order valence-corrected chi connectivity index (χ4v) is 2.02. The van der Waals surface area contributed by atoms with Crippen LogP contribution in [0.4, 0.5) is 4.79 Å². The van der Waals surface area contributed by atoms with E-state index in [0.29, 0.717) is 19.5 Å². The summed E-state index contributed by atoms with van der Waals surface area (Å²) >= 11 is 0. The highest BCUT2D eigenvalue weighted by Crippen LogP contribution is 2.18. The van der Waals surface area contributed by atoms with Gasteiger partial charge in [0.15, 0.2) is 0 Å². The SMILES string of the molecule is COC(=O)NC1CCN(C(=O)C(C)C(C)C(=O)O)C1. The Kier molecular flexibility index (Phi) is 5.14. The molecule has 3 atom stereocenters. The van der Waals surface area contributed by atoms with Gasteiger partial charge in [0.1, 0.15) is 0 Å². The molecule has 1 rings (SSSR count). The minimum absolute atomic E-state index is 0.135. The molecular weight excluding hydrogens is 252 g/mol. The number of ether oxygens (including phenoxy) is 1. The minimum Gasteiger partial charge on any atom is -0.481 e. The van der Waals surface area contributed by atoms with Gasteiger partial charge in [0.05, 0.1) is 19.1 Å².